The number of nitrogens with zero attached hydrogens (tertiary/aromatic N) is 1. The van der Waals surface area contributed by atoms with Crippen LogP contribution in [0.1, 0.15) is 0 Å². The Morgan fingerprint density at radius 2 is 2.00 bits per heavy atom. The van der Waals surface area contributed by atoms with E-state index in [1.54, 1.807) is 0 Å². The van der Waals surface area contributed by atoms with Gasteiger partial charge in [0.15, 0.2) is 0 Å². The molecule has 60 valence electrons. The molecule has 1 heterocycles. The molecule has 0 aliphatic heterocycles. The predicted molar refractivity (Wildman–Crippen MR) is 35.7 cm³/mol. The van der Waals surface area contributed by atoms with Crippen molar-refractivity contribution >= 4 is 0 Å². The van der Waals surface area contributed by atoms with Gasteiger partial charge in [-0.2, -0.15) is 0 Å². The molecule has 0 saturated carbocycles. The maximum absolute atomic E-state index is 11.6. The summed E-state index contributed by atoms with van der Waals surface area (Å²) in [6, 6.07) is 3.06. The number of halogens is 2. The van der Waals surface area contributed by atoms with Gasteiger partial charge in [0.25, 0.3) is 6.43 Å². The van der Waals surface area contributed by atoms with Crippen LogP contribution >= 0.6 is 0 Å². The second kappa shape index (κ2) is 3.85. The Hall–Kier alpha value is -1.19. The molecule has 0 unspecified atom stereocenters. The zero-order valence-corrected chi connectivity index (χ0v) is 5.71. The zero-order chi connectivity index (χ0) is 8.10. The summed E-state index contributed by atoms with van der Waals surface area (Å²) in [6.45, 7) is -0.565. The van der Waals surface area contributed by atoms with Crippen molar-refractivity contribution in [1.29, 1.82) is 0 Å². The Bertz CT molecular complexity index is 203. The molecule has 0 aliphatic carbocycles. The highest BCUT2D eigenvalue weighted by Crippen LogP contribution is 2.07. The lowest BCUT2D eigenvalue weighted by atomic mass is 10.4. The van der Waals surface area contributed by atoms with E-state index in [4.69, 9.17) is 0 Å². The van der Waals surface area contributed by atoms with Crippen LogP contribution in [0, 0.1) is 0 Å². The van der Waals surface area contributed by atoms with Gasteiger partial charge in [0.1, 0.15) is 12.4 Å². The summed E-state index contributed by atoms with van der Waals surface area (Å²) in [5.41, 5.74) is 0. The van der Waals surface area contributed by atoms with E-state index in [-0.39, 0.29) is 0 Å². The molecular weight excluding hydrogens is 152 g/mol. The van der Waals surface area contributed by atoms with Gasteiger partial charge in [-0.15, -0.1) is 0 Å². The van der Waals surface area contributed by atoms with Gasteiger partial charge >= 0.3 is 0 Å². The first kappa shape index (κ1) is 7.91. The van der Waals surface area contributed by atoms with Gasteiger partial charge in [0, 0.05) is 12.4 Å². The van der Waals surface area contributed by atoms with Crippen LogP contribution in [0.15, 0.2) is 24.5 Å². The highest BCUT2D eigenvalue weighted by Gasteiger charge is 2.01. The smallest absolute Gasteiger partial charge is 0.272 e. The molecule has 0 radical (unpaired) electrons. The van der Waals surface area contributed by atoms with Crippen molar-refractivity contribution < 1.29 is 13.5 Å². The molecule has 0 saturated heterocycles. The first-order chi connectivity index (χ1) is 5.29. The number of hydrogen-bond donors (Lipinski definition) is 0. The largest absolute Gasteiger partial charge is 0.488 e. The first-order valence-corrected chi connectivity index (χ1v) is 3.10. The third kappa shape index (κ3) is 2.93. The van der Waals surface area contributed by atoms with Crippen LogP contribution in [0.4, 0.5) is 8.78 Å². The van der Waals surface area contributed by atoms with E-state index in [9.17, 15) is 8.78 Å². The normalized spacial score (nSPS) is 10.1. The molecule has 1 aromatic heterocycles. The van der Waals surface area contributed by atoms with Gasteiger partial charge < -0.3 is 4.74 Å². The molecule has 1 rings (SSSR count). The highest BCUT2D eigenvalue weighted by atomic mass is 19.3. The third-order valence-electron chi connectivity index (χ3n) is 1.03. The molecule has 0 N–H and O–H groups in total. The van der Waals surface area contributed by atoms with E-state index in [0.29, 0.717) is 5.75 Å². The Balaban J connectivity index is 2.39. The van der Waals surface area contributed by atoms with Gasteiger partial charge in [-0.05, 0) is 12.1 Å². The van der Waals surface area contributed by atoms with Gasteiger partial charge in [0.05, 0.1) is 0 Å². The fraction of sp³-hybridized carbons (Fsp3) is 0.286. The topological polar surface area (TPSA) is 22.1 Å². The fourth-order valence-corrected chi connectivity index (χ4v) is 0.594. The van der Waals surface area contributed by atoms with Crippen molar-refractivity contribution in [2.75, 3.05) is 6.61 Å². The molecule has 0 aromatic carbocycles. The molecule has 0 spiro atoms. The number of pyridine rings is 1. The van der Waals surface area contributed by atoms with Crippen molar-refractivity contribution in [2.45, 2.75) is 6.43 Å². The van der Waals surface area contributed by atoms with Gasteiger partial charge in [-0.3, -0.25) is 4.98 Å². The second-order valence-electron chi connectivity index (χ2n) is 1.89. The van der Waals surface area contributed by atoms with Crippen LogP contribution in [0.5, 0.6) is 5.75 Å². The molecule has 0 amide bonds. The summed E-state index contributed by atoms with van der Waals surface area (Å²) < 4.78 is 27.8. The van der Waals surface area contributed by atoms with Gasteiger partial charge in [-0.25, -0.2) is 8.78 Å². The number of alkyl halides is 2. The van der Waals surface area contributed by atoms with Crippen molar-refractivity contribution in [3.05, 3.63) is 24.5 Å². The van der Waals surface area contributed by atoms with Crippen molar-refractivity contribution in [3.63, 3.8) is 0 Å². The quantitative estimate of drug-likeness (QED) is 0.670. The monoisotopic (exact) mass is 159 g/mol. The summed E-state index contributed by atoms with van der Waals surface area (Å²) in [5, 5.41) is 0. The number of rotatable bonds is 3. The summed E-state index contributed by atoms with van der Waals surface area (Å²) >= 11 is 0. The lowest BCUT2D eigenvalue weighted by molar-refractivity contribution is 0.0818. The summed E-state index contributed by atoms with van der Waals surface area (Å²) in [6.07, 6.45) is 0.546. The lowest BCUT2D eigenvalue weighted by Gasteiger charge is -2.02. The molecule has 0 bridgehead atoms. The summed E-state index contributed by atoms with van der Waals surface area (Å²) in [4.78, 5) is 3.70. The molecule has 0 fully saturated rings. The van der Waals surface area contributed by atoms with Crippen molar-refractivity contribution in [3.8, 4) is 5.75 Å². The first-order valence-electron chi connectivity index (χ1n) is 3.10. The minimum atomic E-state index is -2.43. The van der Waals surface area contributed by atoms with Crippen LogP contribution in [0.25, 0.3) is 0 Å². The molecule has 0 atom stereocenters. The average molecular weight is 159 g/mol. The number of hydrogen-bond acceptors (Lipinski definition) is 2. The molecule has 1 aromatic rings. The SMILES string of the molecule is FC(F)COc1ccncc1. The molecule has 2 nitrogen and oxygen atoms in total. The Morgan fingerprint density at radius 3 is 2.55 bits per heavy atom. The molecular formula is C7H7F2NO. The third-order valence-corrected chi connectivity index (χ3v) is 1.03. The Kier molecular flexibility index (Phi) is 2.77. The van der Waals surface area contributed by atoms with E-state index < -0.39 is 13.0 Å². The van der Waals surface area contributed by atoms with E-state index in [0.717, 1.165) is 0 Å². The molecule has 4 heteroatoms. The van der Waals surface area contributed by atoms with Crippen LogP contribution in [0.3, 0.4) is 0 Å². The summed E-state index contributed by atoms with van der Waals surface area (Å²) in [7, 11) is 0. The second-order valence-corrected chi connectivity index (χ2v) is 1.89. The average Bonchev–Trinajstić information content (AvgIpc) is 2.03. The van der Waals surface area contributed by atoms with Crippen LogP contribution < -0.4 is 4.74 Å². The number of aromatic nitrogens is 1. The molecule has 0 aliphatic rings. The van der Waals surface area contributed by atoms with Gasteiger partial charge in [0.2, 0.25) is 0 Å². The van der Waals surface area contributed by atoms with Crippen molar-refractivity contribution in [2.24, 2.45) is 0 Å². The minimum Gasteiger partial charge on any atom is -0.488 e. The molecule has 11 heavy (non-hydrogen) atoms. The fourth-order valence-electron chi connectivity index (χ4n) is 0.594. The van der Waals surface area contributed by atoms with E-state index >= 15 is 0 Å². The number of ether oxygens (including phenoxy) is 1. The standard InChI is InChI=1S/C7H7F2NO/c8-7(9)5-11-6-1-3-10-4-2-6/h1-4,7H,5H2. The van der Waals surface area contributed by atoms with E-state index in [2.05, 4.69) is 9.72 Å². The maximum Gasteiger partial charge on any atom is 0.272 e. The zero-order valence-electron chi connectivity index (χ0n) is 5.71. The Labute approximate surface area is 62.8 Å². The lowest BCUT2D eigenvalue weighted by Crippen LogP contribution is -2.06. The minimum absolute atomic E-state index is 0.417. The van der Waals surface area contributed by atoms with Gasteiger partial charge in [-0.1, -0.05) is 0 Å². The van der Waals surface area contributed by atoms with Crippen molar-refractivity contribution in [1.82, 2.24) is 4.98 Å². The predicted octanol–water partition coefficient (Wildman–Crippen LogP) is 1.73. The highest BCUT2D eigenvalue weighted by molar-refractivity contribution is 5.16. The van der Waals surface area contributed by atoms with E-state index in [1.165, 1.54) is 24.5 Å². The van der Waals surface area contributed by atoms with Crippen LogP contribution in [-0.2, 0) is 0 Å². The van der Waals surface area contributed by atoms with E-state index in [1.807, 2.05) is 0 Å². The maximum atomic E-state index is 11.6. The Morgan fingerprint density at radius 1 is 1.36 bits per heavy atom. The van der Waals surface area contributed by atoms with Crippen LogP contribution in [0.2, 0.25) is 0 Å². The van der Waals surface area contributed by atoms with Crippen LogP contribution in [-0.4, -0.2) is 18.0 Å². The summed E-state index contributed by atoms with van der Waals surface area (Å²) in [5.74, 6) is 0.417.